The van der Waals surface area contributed by atoms with Crippen LogP contribution in [0.4, 0.5) is 17.1 Å². The summed E-state index contributed by atoms with van der Waals surface area (Å²) in [5.41, 5.74) is 2.29. The molecule has 0 radical (unpaired) electrons. The minimum atomic E-state index is -3.69. The summed E-state index contributed by atoms with van der Waals surface area (Å²) in [6, 6.07) is 21.9. The first-order chi connectivity index (χ1) is 13.3. The number of sulfonamides is 1. The molecule has 0 bridgehead atoms. The van der Waals surface area contributed by atoms with Gasteiger partial charge in [-0.2, -0.15) is 0 Å². The normalized spacial score (nSPS) is 10.9. The Kier molecular flexibility index (Phi) is 5.65. The first-order valence-corrected chi connectivity index (χ1v) is 10.1. The van der Waals surface area contributed by atoms with Crippen molar-refractivity contribution in [3.8, 4) is 0 Å². The molecule has 144 valence electrons. The Morgan fingerprint density at radius 1 is 0.821 bits per heavy atom. The smallest absolute Gasteiger partial charge is 0.261 e. The molecule has 0 atom stereocenters. The van der Waals surface area contributed by atoms with Gasteiger partial charge in [0.2, 0.25) is 0 Å². The van der Waals surface area contributed by atoms with Gasteiger partial charge < -0.3 is 10.2 Å². The third-order valence-corrected chi connectivity index (χ3v) is 5.45. The van der Waals surface area contributed by atoms with Crippen LogP contribution in [0.1, 0.15) is 10.4 Å². The highest BCUT2D eigenvalue weighted by Gasteiger charge is 2.14. The van der Waals surface area contributed by atoms with E-state index in [4.69, 9.17) is 0 Å². The van der Waals surface area contributed by atoms with Crippen molar-refractivity contribution in [3.63, 3.8) is 0 Å². The van der Waals surface area contributed by atoms with Gasteiger partial charge in [0.1, 0.15) is 0 Å². The number of anilines is 3. The van der Waals surface area contributed by atoms with Crippen LogP contribution in [-0.4, -0.2) is 28.4 Å². The van der Waals surface area contributed by atoms with Crippen LogP contribution in [0.2, 0.25) is 0 Å². The first kappa shape index (κ1) is 19.4. The molecule has 0 fully saturated rings. The second-order valence-electron chi connectivity index (χ2n) is 6.40. The molecule has 0 unspecified atom stereocenters. The van der Waals surface area contributed by atoms with E-state index in [-0.39, 0.29) is 10.8 Å². The maximum Gasteiger partial charge on any atom is 0.261 e. The summed E-state index contributed by atoms with van der Waals surface area (Å²) in [6.07, 6.45) is 0. The molecule has 7 heteroatoms. The molecule has 2 N–H and O–H groups in total. The first-order valence-electron chi connectivity index (χ1n) is 8.62. The van der Waals surface area contributed by atoms with E-state index in [2.05, 4.69) is 10.0 Å². The second-order valence-corrected chi connectivity index (χ2v) is 8.08. The molecular formula is C21H21N3O3S. The minimum absolute atomic E-state index is 0.171. The number of nitrogens with zero attached hydrogens (tertiary/aromatic N) is 1. The Morgan fingerprint density at radius 2 is 1.50 bits per heavy atom. The lowest BCUT2D eigenvalue weighted by atomic mass is 10.1. The summed E-state index contributed by atoms with van der Waals surface area (Å²) >= 11 is 0. The van der Waals surface area contributed by atoms with Gasteiger partial charge in [-0.1, -0.05) is 30.3 Å². The Hall–Kier alpha value is -3.32. The summed E-state index contributed by atoms with van der Waals surface area (Å²) in [7, 11) is 0.110. The monoisotopic (exact) mass is 395 g/mol. The van der Waals surface area contributed by atoms with Gasteiger partial charge in [0.15, 0.2) is 0 Å². The van der Waals surface area contributed by atoms with E-state index in [1.807, 2.05) is 31.1 Å². The molecule has 28 heavy (non-hydrogen) atoms. The number of rotatable bonds is 6. The largest absolute Gasteiger partial charge is 0.378 e. The number of carbonyl (C=O) groups excluding carboxylic acids is 1. The number of nitrogens with one attached hydrogen (secondary N) is 2. The van der Waals surface area contributed by atoms with Crippen molar-refractivity contribution >= 4 is 33.0 Å². The molecule has 3 rings (SSSR count). The fraction of sp³-hybridized carbons (Fsp3) is 0.0952. The zero-order chi connectivity index (χ0) is 20.1. The predicted octanol–water partition coefficient (Wildman–Crippen LogP) is 3.81. The van der Waals surface area contributed by atoms with Gasteiger partial charge >= 0.3 is 0 Å². The summed E-state index contributed by atoms with van der Waals surface area (Å²) in [5.74, 6) is -0.272. The van der Waals surface area contributed by atoms with Gasteiger partial charge in [0, 0.05) is 31.0 Å². The molecule has 3 aromatic carbocycles. The quantitative estimate of drug-likeness (QED) is 0.665. The molecule has 0 saturated heterocycles. The van der Waals surface area contributed by atoms with Gasteiger partial charge in [0.25, 0.3) is 15.9 Å². The molecular weight excluding hydrogens is 374 g/mol. The number of carbonyl (C=O) groups is 1. The molecule has 0 heterocycles. The molecule has 6 nitrogen and oxygen atoms in total. The van der Waals surface area contributed by atoms with Crippen molar-refractivity contribution in [3.05, 3.63) is 84.4 Å². The van der Waals surface area contributed by atoms with Gasteiger partial charge in [-0.3, -0.25) is 9.52 Å². The van der Waals surface area contributed by atoms with E-state index < -0.39 is 10.0 Å². The summed E-state index contributed by atoms with van der Waals surface area (Å²) in [5, 5.41) is 2.80. The molecule has 0 saturated carbocycles. The molecule has 0 aliphatic carbocycles. The number of hydrogen-bond acceptors (Lipinski definition) is 4. The van der Waals surface area contributed by atoms with E-state index in [1.165, 1.54) is 12.1 Å². The van der Waals surface area contributed by atoms with E-state index in [9.17, 15) is 13.2 Å². The van der Waals surface area contributed by atoms with Gasteiger partial charge in [-0.25, -0.2) is 8.42 Å². The molecule has 0 aliphatic rings. The Morgan fingerprint density at radius 3 is 2.21 bits per heavy atom. The van der Waals surface area contributed by atoms with Gasteiger partial charge in [0.05, 0.1) is 10.6 Å². The zero-order valence-corrected chi connectivity index (χ0v) is 16.4. The summed E-state index contributed by atoms with van der Waals surface area (Å²) in [6.45, 7) is 0. The number of amides is 1. The highest BCUT2D eigenvalue weighted by atomic mass is 32.2. The highest BCUT2D eigenvalue weighted by Crippen LogP contribution is 2.21. The minimum Gasteiger partial charge on any atom is -0.378 e. The predicted molar refractivity (Wildman–Crippen MR) is 112 cm³/mol. The molecule has 0 aliphatic heterocycles. The van der Waals surface area contributed by atoms with Gasteiger partial charge in [-0.05, 0) is 48.5 Å². The van der Waals surface area contributed by atoms with Crippen LogP contribution >= 0.6 is 0 Å². The SMILES string of the molecule is CN(C)c1cccc(C(=O)Nc2cccc(NS(=O)(=O)c3ccccc3)c2)c1. The molecule has 0 aromatic heterocycles. The fourth-order valence-corrected chi connectivity index (χ4v) is 3.67. The van der Waals surface area contributed by atoms with Crippen LogP contribution in [0.25, 0.3) is 0 Å². The van der Waals surface area contributed by atoms with Crippen molar-refractivity contribution in [2.75, 3.05) is 29.0 Å². The maximum absolute atomic E-state index is 12.5. The van der Waals surface area contributed by atoms with Crippen molar-refractivity contribution in [1.82, 2.24) is 0 Å². The number of hydrogen-bond donors (Lipinski definition) is 2. The maximum atomic E-state index is 12.5. The molecule has 1 amide bonds. The summed E-state index contributed by atoms with van der Waals surface area (Å²) < 4.78 is 27.4. The average molecular weight is 395 g/mol. The molecule has 3 aromatic rings. The lowest BCUT2D eigenvalue weighted by molar-refractivity contribution is 0.102. The van der Waals surface area contributed by atoms with Crippen molar-refractivity contribution in [1.29, 1.82) is 0 Å². The van der Waals surface area contributed by atoms with Crippen LogP contribution in [0.15, 0.2) is 83.8 Å². The van der Waals surface area contributed by atoms with E-state index >= 15 is 0 Å². The van der Waals surface area contributed by atoms with Crippen LogP contribution in [0.3, 0.4) is 0 Å². The lowest BCUT2D eigenvalue weighted by Crippen LogP contribution is -2.15. The third kappa shape index (κ3) is 4.69. The number of benzene rings is 3. The van der Waals surface area contributed by atoms with E-state index in [0.29, 0.717) is 16.9 Å². The lowest BCUT2D eigenvalue weighted by Gasteiger charge is -2.14. The third-order valence-electron chi connectivity index (χ3n) is 4.05. The zero-order valence-electron chi connectivity index (χ0n) is 15.6. The standard InChI is InChI=1S/C21H21N3O3S/c1-24(2)19-11-6-8-16(14-19)21(25)22-17-9-7-10-18(15-17)23-28(26,27)20-12-4-3-5-13-20/h3-15,23H,1-2H3,(H,22,25). The van der Waals surface area contributed by atoms with Crippen LogP contribution in [0.5, 0.6) is 0 Å². The van der Waals surface area contributed by atoms with Crippen molar-refractivity contribution in [2.45, 2.75) is 4.90 Å². The fourth-order valence-electron chi connectivity index (χ4n) is 2.60. The van der Waals surface area contributed by atoms with Crippen molar-refractivity contribution < 1.29 is 13.2 Å². The van der Waals surface area contributed by atoms with Gasteiger partial charge in [-0.15, -0.1) is 0 Å². The van der Waals surface area contributed by atoms with Crippen molar-refractivity contribution in [2.24, 2.45) is 0 Å². The van der Waals surface area contributed by atoms with Crippen LogP contribution < -0.4 is 14.9 Å². The topological polar surface area (TPSA) is 78.5 Å². The Labute approximate surface area is 164 Å². The molecule has 0 spiro atoms. The Balaban J connectivity index is 1.77. The van der Waals surface area contributed by atoms with E-state index in [0.717, 1.165) is 5.69 Å². The van der Waals surface area contributed by atoms with Crippen LogP contribution in [0, 0.1) is 0 Å². The Bertz CT molecular complexity index is 1080. The summed E-state index contributed by atoms with van der Waals surface area (Å²) in [4.78, 5) is 14.6. The van der Waals surface area contributed by atoms with E-state index in [1.54, 1.807) is 54.6 Å². The second kappa shape index (κ2) is 8.14. The highest BCUT2D eigenvalue weighted by molar-refractivity contribution is 7.92. The average Bonchev–Trinajstić information content (AvgIpc) is 2.68. The van der Waals surface area contributed by atoms with Crippen LogP contribution in [-0.2, 0) is 10.0 Å².